The van der Waals surface area contributed by atoms with E-state index in [9.17, 15) is 90.3 Å². The zero-order valence-corrected chi connectivity index (χ0v) is 30.3. The molecule has 0 aromatic carbocycles. The summed E-state index contributed by atoms with van der Waals surface area (Å²) in [6, 6.07) is -3.16. The fourth-order valence-corrected chi connectivity index (χ4v) is 7.22. The van der Waals surface area contributed by atoms with Gasteiger partial charge in [0.25, 0.3) is 11.6 Å². The molecule has 4 aliphatic heterocycles. The molecular formula is C28H49N2O26P. The molecule has 4 rings (SSSR count). The van der Waals surface area contributed by atoms with Crippen molar-refractivity contribution in [2.45, 2.75) is 135 Å². The first-order valence-electron chi connectivity index (χ1n) is 17.1. The summed E-state index contributed by atoms with van der Waals surface area (Å²) in [6.45, 7) is -4.34. The minimum Gasteiger partial charge on any atom is -0.477 e. The summed E-state index contributed by atoms with van der Waals surface area (Å²) >= 11 is 0. The molecule has 29 heteroatoms. The summed E-state index contributed by atoms with van der Waals surface area (Å²) in [5.74, 6) is -10.5. The molecule has 0 saturated carbocycles. The van der Waals surface area contributed by atoms with Crippen LogP contribution in [0.2, 0.25) is 0 Å². The second-order valence-electron chi connectivity index (χ2n) is 13.8. The number of hydrogen-bond acceptors (Lipinski definition) is 24. The molecule has 1 unspecified atom stereocenters. The Morgan fingerprint density at radius 1 is 0.737 bits per heavy atom. The number of rotatable bonds is 16. The molecule has 20 atom stereocenters. The van der Waals surface area contributed by atoms with Gasteiger partial charge in [-0.2, -0.15) is 0 Å². The molecule has 0 amide bonds. The molecule has 0 aromatic rings. The van der Waals surface area contributed by atoms with Gasteiger partial charge in [-0.25, -0.2) is 14.2 Å². The third-order valence-corrected chi connectivity index (χ3v) is 10.3. The second-order valence-corrected chi connectivity index (χ2v) is 15.0. The van der Waals surface area contributed by atoms with Crippen molar-refractivity contribution in [1.29, 1.82) is 0 Å². The first-order chi connectivity index (χ1) is 26.4. The molecule has 0 aliphatic carbocycles. The first-order valence-corrected chi connectivity index (χ1v) is 18.6. The Morgan fingerprint density at radius 2 is 1.30 bits per heavy atom. The van der Waals surface area contributed by atoms with Crippen LogP contribution in [0, 0.1) is 0 Å². The average Bonchev–Trinajstić information content (AvgIpc) is 3.14. The lowest BCUT2D eigenvalue weighted by Crippen LogP contribution is -2.68. The van der Waals surface area contributed by atoms with Gasteiger partial charge in [0.15, 0.2) is 12.6 Å². The zero-order valence-electron chi connectivity index (χ0n) is 29.4. The minimum atomic E-state index is -5.53. The van der Waals surface area contributed by atoms with Crippen molar-refractivity contribution < 1.29 is 128 Å². The van der Waals surface area contributed by atoms with Crippen LogP contribution >= 0.6 is 7.82 Å². The molecule has 4 heterocycles. The van der Waals surface area contributed by atoms with E-state index in [1.807, 2.05) is 0 Å². The predicted molar refractivity (Wildman–Crippen MR) is 171 cm³/mol. The van der Waals surface area contributed by atoms with Crippen LogP contribution in [0.1, 0.15) is 12.8 Å². The van der Waals surface area contributed by atoms with Gasteiger partial charge in [0, 0.05) is 12.8 Å². The fraction of sp³-hybridized carbons (Fsp3) is 0.929. The van der Waals surface area contributed by atoms with Crippen LogP contribution in [0.25, 0.3) is 0 Å². The number of aliphatic hydroxyl groups excluding tert-OH is 11. The van der Waals surface area contributed by atoms with Gasteiger partial charge in [0.2, 0.25) is 0 Å². The van der Waals surface area contributed by atoms with Crippen LogP contribution in [0.15, 0.2) is 0 Å². The molecule has 57 heavy (non-hydrogen) atoms. The third-order valence-electron chi connectivity index (χ3n) is 9.83. The molecule has 0 spiro atoms. The molecule has 4 saturated heterocycles. The lowest BCUT2D eigenvalue weighted by Gasteiger charge is -2.50. The molecule has 4 aliphatic rings. The number of carbonyl (C=O) groups is 2. The Hall–Kier alpha value is -1.75. The maximum atomic E-state index is 12.9. The largest absolute Gasteiger partial charge is 0.477 e. The Balaban J connectivity index is 1.65. The Morgan fingerprint density at radius 3 is 1.84 bits per heavy atom. The number of phosphoric ester groups is 1. The number of nitrogens with two attached hydrogens (primary N) is 2. The van der Waals surface area contributed by atoms with Crippen molar-refractivity contribution in [2.75, 3.05) is 26.4 Å². The number of aliphatic hydroxyl groups is 11. The Labute approximate surface area is 320 Å². The molecule has 0 aromatic heterocycles. The molecule has 332 valence electrons. The van der Waals surface area contributed by atoms with Crippen LogP contribution < -0.4 is 11.5 Å². The highest BCUT2D eigenvalue weighted by molar-refractivity contribution is 7.46. The van der Waals surface area contributed by atoms with Crippen LogP contribution in [0.5, 0.6) is 0 Å². The van der Waals surface area contributed by atoms with E-state index in [1.165, 1.54) is 0 Å². The molecule has 0 bridgehead atoms. The van der Waals surface area contributed by atoms with Crippen LogP contribution in [-0.4, -0.2) is 236 Å². The Bertz CT molecular complexity index is 1410. The topological polar surface area (TPSA) is 481 Å². The van der Waals surface area contributed by atoms with Gasteiger partial charge in [-0.15, -0.1) is 0 Å². The monoisotopic (exact) mass is 860 g/mol. The van der Waals surface area contributed by atoms with Gasteiger partial charge in [-0.3, -0.25) is 4.52 Å². The van der Waals surface area contributed by atoms with Gasteiger partial charge >= 0.3 is 19.8 Å². The SMILES string of the molecule is N[C@H]1[C@H](OC[C@H]2OC(O)[C@H](N)[C@@H](O)[C@@H]2O)O[C@H](CO[C@]2(C(=O)O)C[C@@H](O[C@]3(C(=O)O)C[C@@H](O)[C@@H](O)[C@@H]([C@H](O)CO)O3)[C@@H](O)[C@@H]([C@H](O)CO)O2)[C@@H](OP(=O)(O)O)[C@@H]1O. The zero-order chi connectivity index (χ0) is 42.9. The highest BCUT2D eigenvalue weighted by atomic mass is 31.2. The van der Waals surface area contributed by atoms with E-state index in [4.69, 9.17) is 44.6 Å². The highest BCUT2D eigenvalue weighted by Gasteiger charge is 2.61. The lowest BCUT2D eigenvalue weighted by atomic mass is 9.90. The van der Waals surface area contributed by atoms with E-state index >= 15 is 0 Å². The number of ether oxygens (including phenoxy) is 7. The van der Waals surface area contributed by atoms with Crippen LogP contribution in [0.4, 0.5) is 0 Å². The number of aliphatic carboxylic acids is 2. The molecular weight excluding hydrogens is 811 g/mol. The van der Waals surface area contributed by atoms with Gasteiger partial charge in [0.05, 0.1) is 50.7 Å². The number of phosphoric acid groups is 1. The van der Waals surface area contributed by atoms with Crippen molar-refractivity contribution in [3.8, 4) is 0 Å². The molecule has 19 N–H and O–H groups in total. The van der Waals surface area contributed by atoms with Gasteiger partial charge < -0.3 is 121 Å². The molecule has 4 fully saturated rings. The normalized spacial score (nSPS) is 45.6. The minimum absolute atomic E-state index is 0.750. The molecule has 28 nitrogen and oxygen atoms in total. The standard InChI is InChI=1S/C28H49N2O26P/c29-13-18(39)16(37)11(51-23(13)41)5-49-24-14(30)19(40)22(56-57(46,47)48)12(52-24)6-50-27(25(42)43)2-10(17(38)21(54-27)9(35)4-32)53-28(26(44)45)1-7(33)15(36)20(55-28)8(34)3-31/h7-24,31-41H,1-6,29-30H2,(H,42,43)(H,44,45)(H2,46,47,48)/t7-,8-,9-,10-,11-,12-,13-,14-,15-,16-,17-,18-,19-,20-,21-,22-,23?,24-,27-,28-/m1/s1. The summed E-state index contributed by atoms with van der Waals surface area (Å²) in [7, 11) is -5.53. The third kappa shape index (κ3) is 10.4. The quantitative estimate of drug-likeness (QED) is 0.0641. The predicted octanol–water partition coefficient (Wildman–Crippen LogP) is -10.0. The number of carboxylic acid groups (broad SMARTS) is 2. The highest BCUT2D eigenvalue weighted by Crippen LogP contribution is 2.43. The van der Waals surface area contributed by atoms with Crippen molar-refractivity contribution in [1.82, 2.24) is 0 Å². The molecule has 0 radical (unpaired) electrons. The Kier molecular flexibility index (Phi) is 15.9. The second kappa shape index (κ2) is 18.9. The smallest absolute Gasteiger partial charge is 0.470 e. The first kappa shape index (κ1) is 47.9. The van der Waals surface area contributed by atoms with Crippen molar-refractivity contribution in [3.63, 3.8) is 0 Å². The van der Waals surface area contributed by atoms with Crippen LogP contribution in [-0.2, 0) is 51.8 Å². The van der Waals surface area contributed by atoms with E-state index in [2.05, 4.69) is 4.52 Å². The summed E-state index contributed by atoms with van der Waals surface area (Å²) in [5.41, 5.74) is 11.5. The van der Waals surface area contributed by atoms with Crippen molar-refractivity contribution in [2.24, 2.45) is 11.5 Å². The lowest BCUT2D eigenvalue weighted by molar-refractivity contribution is -0.378. The summed E-state index contributed by atoms with van der Waals surface area (Å²) in [6.07, 6.45) is -34.3. The summed E-state index contributed by atoms with van der Waals surface area (Å²) < 4.78 is 54.6. The fourth-order valence-electron chi connectivity index (χ4n) is 6.64. The van der Waals surface area contributed by atoms with E-state index in [1.54, 1.807) is 0 Å². The van der Waals surface area contributed by atoms with Crippen molar-refractivity contribution in [3.05, 3.63) is 0 Å². The average molecular weight is 861 g/mol. The number of hydrogen-bond donors (Lipinski definition) is 17. The van der Waals surface area contributed by atoms with E-state index < -0.39 is 181 Å². The van der Waals surface area contributed by atoms with E-state index in [-0.39, 0.29) is 0 Å². The maximum Gasteiger partial charge on any atom is 0.470 e. The summed E-state index contributed by atoms with van der Waals surface area (Å²) in [5, 5.41) is 134. The van der Waals surface area contributed by atoms with E-state index in [0.29, 0.717) is 0 Å². The van der Waals surface area contributed by atoms with E-state index in [0.717, 1.165) is 0 Å². The number of carboxylic acids is 2. The van der Waals surface area contributed by atoms with Crippen LogP contribution in [0.3, 0.4) is 0 Å². The summed E-state index contributed by atoms with van der Waals surface area (Å²) in [4.78, 5) is 44.7. The maximum absolute atomic E-state index is 12.9. The van der Waals surface area contributed by atoms with Gasteiger partial charge in [-0.1, -0.05) is 0 Å². The van der Waals surface area contributed by atoms with Crippen molar-refractivity contribution >= 4 is 19.8 Å². The van der Waals surface area contributed by atoms with Gasteiger partial charge in [-0.05, 0) is 0 Å². The van der Waals surface area contributed by atoms with Gasteiger partial charge in [0.1, 0.15) is 73.2 Å².